The first-order valence-electron chi connectivity index (χ1n) is 4.42. The van der Waals surface area contributed by atoms with Crippen LogP contribution in [0.3, 0.4) is 0 Å². The van der Waals surface area contributed by atoms with Gasteiger partial charge in [0.15, 0.2) is 4.99 Å². The second-order valence-corrected chi connectivity index (χ2v) is 4.61. The Bertz CT molecular complexity index is 380. The molecule has 1 heterocycles. The highest BCUT2D eigenvalue weighted by Crippen LogP contribution is 2.34. The molecule has 0 aromatic heterocycles. The highest BCUT2D eigenvalue weighted by Gasteiger charge is 2.37. The molecule has 74 valence electrons. The maximum atomic E-state index is 11.1. The molecule has 1 unspecified atom stereocenters. The van der Waals surface area contributed by atoms with E-state index < -0.39 is 4.99 Å². The summed E-state index contributed by atoms with van der Waals surface area (Å²) < 4.78 is 0. The van der Waals surface area contributed by atoms with Crippen molar-refractivity contribution >= 4 is 17.7 Å². The summed E-state index contributed by atoms with van der Waals surface area (Å²) in [6, 6.07) is 7.84. The molecule has 1 aromatic rings. The van der Waals surface area contributed by atoms with Crippen LogP contribution in [-0.4, -0.2) is 11.7 Å². The van der Waals surface area contributed by atoms with Gasteiger partial charge in [0, 0.05) is 5.56 Å². The summed E-state index contributed by atoms with van der Waals surface area (Å²) in [7, 11) is 0. The van der Waals surface area contributed by atoms with Crippen molar-refractivity contribution < 1.29 is 4.79 Å². The minimum absolute atomic E-state index is 0.000697. The number of aryl methyl sites for hydroxylation is 1. The third-order valence-electron chi connectivity index (χ3n) is 2.30. The molecule has 0 spiro atoms. The molecule has 1 aliphatic heterocycles. The van der Waals surface area contributed by atoms with Crippen molar-refractivity contribution in [2.75, 3.05) is 5.75 Å². The molecule has 0 aliphatic carbocycles. The lowest BCUT2D eigenvalue weighted by molar-refractivity contribution is -0.118. The van der Waals surface area contributed by atoms with E-state index in [1.165, 1.54) is 11.8 Å². The van der Waals surface area contributed by atoms with Gasteiger partial charge in [-0.25, -0.2) is 0 Å². The minimum atomic E-state index is -0.734. The highest BCUT2D eigenvalue weighted by molar-refractivity contribution is 8.01. The molecule has 2 rings (SSSR count). The Morgan fingerprint density at radius 1 is 1.50 bits per heavy atom. The van der Waals surface area contributed by atoms with Gasteiger partial charge in [0.25, 0.3) is 0 Å². The number of nitrogens with two attached hydrogens (primary N) is 1. The summed E-state index contributed by atoms with van der Waals surface area (Å²) in [6.07, 6.45) is 0. The van der Waals surface area contributed by atoms with E-state index in [4.69, 9.17) is 5.73 Å². The maximum Gasteiger partial charge on any atom is 0.232 e. The van der Waals surface area contributed by atoms with Crippen molar-refractivity contribution in [2.45, 2.75) is 11.9 Å². The van der Waals surface area contributed by atoms with E-state index in [2.05, 4.69) is 5.32 Å². The topological polar surface area (TPSA) is 55.1 Å². The number of nitrogens with one attached hydrogen (secondary N) is 1. The van der Waals surface area contributed by atoms with Crippen LogP contribution in [0, 0.1) is 6.92 Å². The fraction of sp³-hybridized carbons (Fsp3) is 0.300. The summed E-state index contributed by atoms with van der Waals surface area (Å²) >= 11 is 1.44. The number of carbonyl (C=O) groups excluding carboxylic acids is 1. The largest absolute Gasteiger partial charge is 0.325 e. The molecular weight excluding hydrogens is 196 g/mol. The van der Waals surface area contributed by atoms with Crippen molar-refractivity contribution in [3.63, 3.8) is 0 Å². The third-order valence-corrected chi connectivity index (χ3v) is 3.49. The van der Waals surface area contributed by atoms with Crippen LogP contribution in [0.5, 0.6) is 0 Å². The van der Waals surface area contributed by atoms with Gasteiger partial charge in [-0.15, -0.1) is 11.8 Å². The van der Waals surface area contributed by atoms with Crippen LogP contribution in [0.4, 0.5) is 0 Å². The first kappa shape index (κ1) is 9.55. The van der Waals surface area contributed by atoms with Crippen LogP contribution >= 0.6 is 11.8 Å². The van der Waals surface area contributed by atoms with Crippen molar-refractivity contribution in [2.24, 2.45) is 5.73 Å². The first-order valence-corrected chi connectivity index (χ1v) is 5.40. The monoisotopic (exact) mass is 208 g/mol. The van der Waals surface area contributed by atoms with Gasteiger partial charge in [0.1, 0.15) is 0 Å². The van der Waals surface area contributed by atoms with E-state index in [1.54, 1.807) is 0 Å². The van der Waals surface area contributed by atoms with Crippen LogP contribution in [0.1, 0.15) is 11.1 Å². The van der Waals surface area contributed by atoms with Gasteiger partial charge in [-0.1, -0.05) is 24.3 Å². The number of thioether (sulfide) groups is 1. The summed E-state index contributed by atoms with van der Waals surface area (Å²) in [4.78, 5) is 10.4. The smallest absolute Gasteiger partial charge is 0.232 e. The second-order valence-electron chi connectivity index (χ2n) is 3.39. The number of hydrogen-bond acceptors (Lipinski definition) is 3. The molecule has 1 aromatic carbocycles. The zero-order chi connectivity index (χ0) is 10.2. The number of hydrogen-bond donors (Lipinski definition) is 2. The van der Waals surface area contributed by atoms with Gasteiger partial charge in [0.2, 0.25) is 5.91 Å². The molecule has 4 heteroatoms. The van der Waals surface area contributed by atoms with Crippen LogP contribution in [-0.2, 0) is 9.79 Å². The minimum Gasteiger partial charge on any atom is -0.325 e. The zero-order valence-corrected chi connectivity index (χ0v) is 8.73. The van der Waals surface area contributed by atoms with Gasteiger partial charge in [-0.2, -0.15) is 0 Å². The lowest BCUT2D eigenvalue weighted by atomic mass is 10.1. The number of amides is 1. The first-order chi connectivity index (χ1) is 6.62. The fourth-order valence-electron chi connectivity index (χ4n) is 1.59. The lowest BCUT2D eigenvalue weighted by Gasteiger charge is -2.24. The molecule has 1 aliphatic rings. The predicted octanol–water partition coefficient (Wildman–Crippen LogP) is 0.927. The Balaban J connectivity index is 2.40. The van der Waals surface area contributed by atoms with E-state index in [-0.39, 0.29) is 5.91 Å². The van der Waals surface area contributed by atoms with Crippen LogP contribution in [0.15, 0.2) is 24.3 Å². The zero-order valence-electron chi connectivity index (χ0n) is 7.91. The molecule has 0 radical (unpaired) electrons. The fourth-order valence-corrected chi connectivity index (χ4v) is 2.59. The van der Waals surface area contributed by atoms with E-state index >= 15 is 0 Å². The number of rotatable bonds is 1. The summed E-state index contributed by atoms with van der Waals surface area (Å²) in [5, 5.41) is 2.79. The maximum absolute atomic E-state index is 11.1. The van der Waals surface area contributed by atoms with Crippen molar-refractivity contribution in [3.8, 4) is 0 Å². The average molecular weight is 208 g/mol. The molecule has 1 fully saturated rings. The lowest BCUT2D eigenvalue weighted by Crippen LogP contribution is -2.45. The Labute approximate surface area is 87.1 Å². The molecule has 3 N–H and O–H groups in total. The SMILES string of the molecule is Cc1ccccc1C1(N)NC(=O)CS1. The normalized spacial score (nSPS) is 26.3. The van der Waals surface area contributed by atoms with E-state index in [0.717, 1.165) is 11.1 Å². The molecule has 0 saturated carbocycles. The average Bonchev–Trinajstić information content (AvgIpc) is 2.48. The van der Waals surface area contributed by atoms with Gasteiger partial charge < -0.3 is 5.32 Å². The second kappa shape index (κ2) is 3.29. The molecule has 3 nitrogen and oxygen atoms in total. The van der Waals surface area contributed by atoms with Gasteiger partial charge in [0.05, 0.1) is 5.75 Å². The quantitative estimate of drug-likeness (QED) is 0.721. The van der Waals surface area contributed by atoms with E-state index in [0.29, 0.717) is 5.75 Å². The number of benzene rings is 1. The highest BCUT2D eigenvalue weighted by atomic mass is 32.2. The van der Waals surface area contributed by atoms with Crippen molar-refractivity contribution in [1.29, 1.82) is 0 Å². The summed E-state index contributed by atoms with van der Waals surface area (Å²) in [6.45, 7) is 2.00. The van der Waals surface area contributed by atoms with E-state index in [9.17, 15) is 4.79 Å². The van der Waals surface area contributed by atoms with Gasteiger partial charge >= 0.3 is 0 Å². The molecule has 1 atom stereocenters. The van der Waals surface area contributed by atoms with Crippen molar-refractivity contribution in [3.05, 3.63) is 35.4 Å². The van der Waals surface area contributed by atoms with Crippen LogP contribution < -0.4 is 11.1 Å². The van der Waals surface area contributed by atoms with Crippen LogP contribution in [0.25, 0.3) is 0 Å². The molecule has 1 amide bonds. The Hall–Kier alpha value is -1.000. The Morgan fingerprint density at radius 3 is 2.79 bits per heavy atom. The molecule has 1 saturated heterocycles. The summed E-state index contributed by atoms with van der Waals surface area (Å²) in [5.74, 6) is 0.436. The third kappa shape index (κ3) is 1.51. The van der Waals surface area contributed by atoms with Gasteiger partial charge in [-0.3, -0.25) is 10.5 Å². The Kier molecular flexibility index (Phi) is 2.25. The standard InChI is InChI=1S/C10H12N2OS/c1-7-4-2-3-5-8(7)10(11)12-9(13)6-14-10/h2-5H,6,11H2,1H3,(H,12,13). The number of carbonyl (C=O) groups is 1. The molecular formula is C10H12N2OS. The van der Waals surface area contributed by atoms with Crippen molar-refractivity contribution in [1.82, 2.24) is 5.32 Å². The van der Waals surface area contributed by atoms with Gasteiger partial charge in [-0.05, 0) is 12.5 Å². The van der Waals surface area contributed by atoms with Crippen LogP contribution in [0.2, 0.25) is 0 Å². The van der Waals surface area contributed by atoms with E-state index in [1.807, 2.05) is 31.2 Å². The molecule has 14 heavy (non-hydrogen) atoms. The Morgan fingerprint density at radius 2 is 2.21 bits per heavy atom. The summed E-state index contributed by atoms with van der Waals surface area (Å²) in [5.41, 5.74) is 8.19. The molecule has 0 bridgehead atoms. The predicted molar refractivity (Wildman–Crippen MR) is 57.6 cm³/mol.